The van der Waals surface area contributed by atoms with Crippen LogP contribution in [0.1, 0.15) is 23.0 Å². The van der Waals surface area contributed by atoms with Crippen molar-refractivity contribution in [3.63, 3.8) is 0 Å². The molecule has 0 spiro atoms. The quantitative estimate of drug-likeness (QED) is 0.459. The third-order valence-corrected chi connectivity index (χ3v) is 2.62. The van der Waals surface area contributed by atoms with Gasteiger partial charge >= 0.3 is 5.97 Å². The van der Waals surface area contributed by atoms with Crippen molar-refractivity contribution in [2.24, 2.45) is 0 Å². The Morgan fingerprint density at radius 2 is 2.20 bits per heavy atom. The number of aryl methyl sites for hydroxylation is 1. The summed E-state index contributed by atoms with van der Waals surface area (Å²) >= 11 is 5.84. The van der Waals surface area contributed by atoms with Crippen LogP contribution in [0.5, 0.6) is 0 Å². The summed E-state index contributed by atoms with van der Waals surface area (Å²) in [4.78, 5) is 29.2. The lowest BCUT2D eigenvalue weighted by atomic mass is 10.2. The number of halogens is 1. The smallest absolute Gasteiger partial charge is 0.325 e. The Labute approximate surface area is 123 Å². The molecule has 0 saturated heterocycles. The highest BCUT2D eigenvalue weighted by atomic mass is 35.5. The van der Waals surface area contributed by atoms with E-state index in [4.69, 9.17) is 16.3 Å². The summed E-state index contributed by atoms with van der Waals surface area (Å²) in [6.07, 6.45) is 1.55. The van der Waals surface area contributed by atoms with Gasteiger partial charge in [0.15, 0.2) is 0 Å². The minimum absolute atomic E-state index is 0.127. The molecule has 0 N–H and O–H groups in total. The van der Waals surface area contributed by atoms with Gasteiger partial charge in [0.25, 0.3) is 5.91 Å². The highest BCUT2D eigenvalue weighted by Gasteiger charge is 2.19. The van der Waals surface area contributed by atoms with Crippen molar-refractivity contribution in [2.45, 2.75) is 13.8 Å². The van der Waals surface area contributed by atoms with Gasteiger partial charge in [-0.1, -0.05) is 17.7 Å². The molecule has 1 heterocycles. The molecule has 0 aromatic carbocycles. The lowest BCUT2D eigenvalue weighted by Gasteiger charge is -2.20. The molecule has 6 heteroatoms. The van der Waals surface area contributed by atoms with E-state index in [1.807, 2.05) is 0 Å². The van der Waals surface area contributed by atoms with Crippen molar-refractivity contribution in [2.75, 3.05) is 19.7 Å². The van der Waals surface area contributed by atoms with E-state index in [2.05, 4.69) is 11.6 Å². The molecule has 0 unspecified atom stereocenters. The van der Waals surface area contributed by atoms with Crippen molar-refractivity contribution in [1.82, 2.24) is 9.88 Å². The van der Waals surface area contributed by atoms with Crippen LogP contribution in [0.15, 0.2) is 24.8 Å². The van der Waals surface area contributed by atoms with Gasteiger partial charge in [0.1, 0.15) is 11.7 Å². The van der Waals surface area contributed by atoms with Gasteiger partial charge in [0.05, 0.1) is 6.61 Å². The molecule has 0 saturated carbocycles. The molecule has 1 amide bonds. The lowest BCUT2D eigenvalue weighted by molar-refractivity contribution is -0.143. The monoisotopic (exact) mass is 296 g/mol. The minimum atomic E-state index is -0.459. The normalized spacial score (nSPS) is 9.95. The van der Waals surface area contributed by atoms with Crippen LogP contribution in [0.3, 0.4) is 0 Å². The Balaban J connectivity index is 2.92. The summed E-state index contributed by atoms with van der Waals surface area (Å²) in [6.45, 7) is 7.43. The Morgan fingerprint density at radius 1 is 1.50 bits per heavy atom. The second-order valence-corrected chi connectivity index (χ2v) is 4.49. The second kappa shape index (κ2) is 7.65. The summed E-state index contributed by atoms with van der Waals surface area (Å²) in [5.74, 6) is -0.773. The molecule has 0 radical (unpaired) electrons. The number of hydrogen-bond acceptors (Lipinski definition) is 4. The Morgan fingerprint density at radius 3 is 2.75 bits per heavy atom. The SMILES string of the molecule is C=CCN(CC(=O)OCC)C(=O)c1cc(C)nc(Cl)c1. The van der Waals surface area contributed by atoms with Gasteiger partial charge in [-0.25, -0.2) is 4.98 Å². The van der Waals surface area contributed by atoms with Crippen LogP contribution < -0.4 is 0 Å². The fraction of sp³-hybridized carbons (Fsp3) is 0.357. The topological polar surface area (TPSA) is 59.5 Å². The zero-order valence-electron chi connectivity index (χ0n) is 11.6. The number of ether oxygens (including phenoxy) is 1. The predicted octanol–water partition coefficient (Wildman–Crippen LogP) is 2.23. The maximum atomic E-state index is 12.4. The van der Waals surface area contributed by atoms with E-state index < -0.39 is 5.97 Å². The maximum Gasteiger partial charge on any atom is 0.325 e. The molecule has 0 aliphatic heterocycles. The number of pyridine rings is 1. The van der Waals surface area contributed by atoms with E-state index >= 15 is 0 Å². The van der Waals surface area contributed by atoms with Gasteiger partial charge < -0.3 is 9.64 Å². The van der Waals surface area contributed by atoms with E-state index in [0.29, 0.717) is 11.3 Å². The number of nitrogens with zero attached hydrogens (tertiary/aromatic N) is 2. The number of rotatable bonds is 6. The van der Waals surface area contributed by atoms with Crippen LogP contribution in [0.2, 0.25) is 5.15 Å². The first-order chi connectivity index (χ1) is 9.47. The zero-order chi connectivity index (χ0) is 15.1. The molecule has 108 valence electrons. The largest absolute Gasteiger partial charge is 0.465 e. The first-order valence-electron chi connectivity index (χ1n) is 6.18. The maximum absolute atomic E-state index is 12.4. The van der Waals surface area contributed by atoms with Gasteiger partial charge in [-0.15, -0.1) is 6.58 Å². The lowest BCUT2D eigenvalue weighted by Crippen LogP contribution is -2.36. The number of carbonyl (C=O) groups excluding carboxylic acids is 2. The van der Waals surface area contributed by atoms with Crippen LogP contribution in [0, 0.1) is 6.92 Å². The number of carbonyl (C=O) groups is 2. The van der Waals surface area contributed by atoms with E-state index in [1.165, 1.54) is 11.0 Å². The van der Waals surface area contributed by atoms with Gasteiger partial charge in [0.2, 0.25) is 0 Å². The fourth-order valence-electron chi connectivity index (χ4n) is 1.67. The van der Waals surface area contributed by atoms with Gasteiger partial charge in [-0.05, 0) is 26.0 Å². The summed E-state index contributed by atoms with van der Waals surface area (Å²) in [6, 6.07) is 3.09. The second-order valence-electron chi connectivity index (χ2n) is 4.10. The molecule has 0 atom stereocenters. The van der Waals surface area contributed by atoms with Crippen molar-refractivity contribution in [1.29, 1.82) is 0 Å². The standard InChI is InChI=1S/C14H17ClN2O3/c1-4-6-17(9-13(18)20-5-2)14(19)11-7-10(3)16-12(15)8-11/h4,7-8H,1,5-6,9H2,2-3H3. The summed E-state index contributed by atoms with van der Waals surface area (Å²) in [5.41, 5.74) is 1.02. The van der Waals surface area contributed by atoms with Crippen molar-refractivity contribution >= 4 is 23.5 Å². The van der Waals surface area contributed by atoms with E-state index in [-0.39, 0.29) is 30.8 Å². The number of esters is 1. The number of hydrogen-bond donors (Lipinski definition) is 0. The molecule has 0 aliphatic carbocycles. The van der Waals surface area contributed by atoms with E-state index in [0.717, 1.165) is 0 Å². The van der Waals surface area contributed by atoms with Crippen molar-refractivity contribution in [3.8, 4) is 0 Å². The fourth-order valence-corrected chi connectivity index (χ4v) is 1.92. The molecule has 0 bridgehead atoms. The molecule has 1 aromatic rings. The number of amides is 1. The van der Waals surface area contributed by atoms with Crippen LogP contribution in [-0.2, 0) is 9.53 Å². The Hall–Kier alpha value is -1.88. The average molecular weight is 297 g/mol. The molecule has 0 fully saturated rings. The van der Waals surface area contributed by atoms with Crippen LogP contribution in [0.25, 0.3) is 0 Å². The Bertz CT molecular complexity index is 497. The summed E-state index contributed by atoms with van der Waals surface area (Å²) in [7, 11) is 0. The molecule has 1 rings (SSSR count). The highest BCUT2D eigenvalue weighted by molar-refractivity contribution is 6.29. The molecule has 20 heavy (non-hydrogen) atoms. The zero-order valence-corrected chi connectivity index (χ0v) is 12.3. The van der Waals surface area contributed by atoms with E-state index in [9.17, 15) is 9.59 Å². The van der Waals surface area contributed by atoms with Crippen LogP contribution >= 0.6 is 11.6 Å². The molecular formula is C14H17ClN2O3. The minimum Gasteiger partial charge on any atom is -0.465 e. The Kier molecular flexibility index (Phi) is 6.18. The average Bonchev–Trinajstić information content (AvgIpc) is 2.36. The van der Waals surface area contributed by atoms with Gasteiger partial charge in [0, 0.05) is 17.8 Å². The molecule has 5 nitrogen and oxygen atoms in total. The van der Waals surface area contributed by atoms with Gasteiger partial charge in [-0.2, -0.15) is 0 Å². The third kappa shape index (κ3) is 4.66. The highest BCUT2D eigenvalue weighted by Crippen LogP contribution is 2.13. The molecule has 1 aromatic heterocycles. The third-order valence-electron chi connectivity index (χ3n) is 2.43. The van der Waals surface area contributed by atoms with Crippen molar-refractivity contribution in [3.05, 3.63) is 41.2 Å². The van der Waals surface area contributed by atoms with E-state index in [1.54, 1.807) is 26.0 Å². The van der Waals surface area contributed by atoms with Crippen molar-refractivity contribution < 1.29 is 14.3 Å². The van der Waals surface area contributed by atoms with Crippen LogP contribution in [0.4, 0.5) is 0 Å². The first kappa shape index (κ1) is 16.2. The van der Waals surface area contributed by atoms with Gasteiger partial charge in [-0.3, -0.25) is 9.59 Å². The van der Waals surface area contributed by atoms with Crippen LogP contribution in [-0.4, -0.2) is 41.5 Å². The summed E-state index contributed by atoms with van der Waals surface area (Å²) in [5, 5.41) is 0.239. The summed E-state index contributed by atoms with van der Waals surface area (Å²) < 4.78 is 4.85. The first-order valence-corrected chi connectivity index (χ1v) is 6.55. The predicted molar refractivity (Wildman–Crippen MR) is 76.7 cm³/mol. The molecular weight excluding hydrogens is 280 g/mol. The molecule has 0 aliphatic rings. The number of aromatic nitrogens is 1.